The van der Waals surface area contributed by atoms with Crippen LogP contribution in [0.2, 0.25) is 0 Å². The van der Waals surface area contributed by atoms with Gasteiger partial charge in [0.2, 0.25) is 5.88 Å². The van der Waals surface area contributed by atoms with Gasteiger partial charge in [-0.15, -0.1) is 0 Å². The van der Waals surface area contributed by atoms with E-state index in [2.05, 4.69) is 22.1 Å². The van der Waals surface area contributed by atoms with Crippen LogP contribution < -0.4 is 0 Å². The van der Waals surface area contributed by atoms with Crippen molar-refractivity contribution in [3.63, 3.8) is 0 Å². The molecule has 0 bridgehead atoms. The molecule has 0 atom stereocenters. The largest absolute Gasteiger partial charge is 0.493 e. The number of aromatic hydroxyl groups is 1. The molecule has 0 spiro atoms. The van der Waals surface area contributed by atoms with Crippen molar-refractivity contribution in [3.05, 3.63) is 59.7 Å². The van der Waals surface area contributed by atoms with E-state index in [-0.39, 0.29) is 5.88 Å². The van der Waals surface area contributed by atoms with Crippen LogP contribution in [-0.4, -0.2) is 19.5 Å². The maximum absolute atomic E-state index is 10.1. The highest BCUT2D eigenvalue weighted by atomic mass is 16.3. The first-order chi connectivity index (χ1) is 9.29. The van der Waals surface area contributed by atoms with E-state index in [9.17, 15) is 5.11 Å². The van der Waals surface area contributed by atoms with Crippen molar-refractivity contribution < 1.29 is 5.11 Å². The number of benzene rings is 1. The second-order valence-electron chi connectivity index (χ2n) is 4.47. The van der Waals surface area contributed by atoms with Crippen LogP contribution in [0.15, 0.2) is 42.7 Å². The summed E-state index contributed by atoms with van der Waals surface area (Å²) in [4.78, 5) is 8.87. The Labute approximate surface area is 111 Å². The summed E-state index contributed by atoms with van der Waals surface area (Å²) in [6, 6.07) is 10.1. The molecule has 1 aromatic carbocycles. The fourth-order valence-electron chi connectivity index (χ4n) is 2.21. The molecule has 0 aliphatic rings. The molecule has 4 heteroatoms. The van der Waals surface area contributed by atoms with Gasteiger partial charge >= 0.3 is 0 Å². The van der Waals surface area contributed by atoms with Crippen LogP contribution in [0, 0.1) is 0 Å². The molecule has 3 rings (SSSR count). The van der Waals surface area contributed by atoms with Gasteiger partial charge in [-0.05, 0) is 12.0 Å². The number of aryl methyl sites for hydroxylation is 1. The highest BCUT2D eigenvalue weighted by Gasteiger charge is 2.13. The van der Waals surface area contributed by atoms with Gasteiger partial charge in [-0.1, -0.05) is 37.3 Å². The van der Waals surface area contributed by atoms with Gasteiger partial charge in [0.1, 0.15) is 5.69 Å². The predicted octanol–water partition coefficient (Wildman–Crippen LogP) is 2.59. The molecule has 3 aromatic rings. The number of nitrogens with zero attached hydrogens (tertiary/aromatic N) is 3. The highest BCUT2D eigenvalue weighted by Crippen LogP contribution is 2.22. The number of hydrogen-bond acceptors (Lipinski definition) is 3. The minimum atomic E-state index is 0.217. The summed E-state index contributed by atoms with van der Waals surface area (Å²) in [6.45, 7) is 1.98. The lowest BCUT2D eigenvalue weighted by Crippen LogP contribution is -1.97. The third kappa shape index (κ3) is 2.05. The van der Waals surface area contributed by atoms with E-state index in [1.165, 1.54) is 5.56 Å². The van der Waals surface area contributed by atoms with Crippen LogP contribution in [0.3, 0.4) is 0 Å². The summed E-state index contributed by atoms with van der Waals surface area (Å²) in [5, 5.41) is 10.1. The van der Waals surface area contributed by atoms with Crippen molar-refractivity contribution >= 4 is 5.65 Å². The molecule has 0 fully saturated rings. The van der Waals surface area contributed by atoms with Gasteiger partial charge in [0, 0.05) is 18.8 Å². The molecule has 19 heavy (non-hydrogen) atoms. The van der Waals surface area contributed by atoms with Gasteiger partial charge < -0.3 is 5.11 Å². The number of imidazole rings is 1. The smallest absolute Gasteiger partial charge is 0.219 e. The molecule has 0 aliphatic heterocycles. The Hall–Kier alpha value is -2.36. The molecule has 2 aromatic heterocycles. The summed E-state index contributed by atoms with van der Waals surface area (Å²) in [6.07, 6.45) is 4.86. The first-order valence-corrected chi connectivity index (χ1v) is 6.37. The van der Waals surface area contributed by atoms with Crippen molar-refractivity contribution in [1.82, 2.24) is 14.4 Å². The standard InChI is InChI=1S/C15H15N3O/c1-2-12-15(19)18-9-8-16-13(14(18)17-12)10-11-6-4-3-5-7-11/h3-9,19H,2,10H2,1H3. The quantitative estimate of drug-likeness (QED) is 0.780. The number of hydrogen-bond donors (Lipinski definition) is 1. The van der Waals surface area contributed by atoms with Crippen LogP contribution in [0.1, 0.15) is 23.9 Å². The third-order valence-corrected chi connectivity index (χ3v) is 3.21. The molecule has 0 amide bonds. The minimum absolute atomic E-state index is 0.217. The van der Waals surface area contributed by atoms with Crippen molar-refractivity contribution in [3.8, 4) is 5.88 Å². The first-order valence-electron chi connectivity index (χ1n) is 6.37. The van der Waals surface area contributed by atoms with Crippen molar-refractivity contribution in [1.29, 1.82) is 0 Å². The Bertz CT molecular complexity index is 704. The molecule has 0 aliphatic carbocycles. The molecule has 4 nitrogen and oxygen atoms in total. The Morgan fingerprint density at radius 2 is 1.95 bits per heavy atom. The summed E-state index contributed by atoms with van der Waals surface area (Å²) in [5.74, 6) is 0.217. The van der Waals surface area contributed by atoms with Crippen LogP contribution in [-0.2, 0) is 12.8 Å². The molecule has 0 unspecified atom stereocenters. The molecule has 96 valence electrons. The topological polar surface area (TPSA) is 50.4 Å². The monoisotopic (exact) mass is 253 g/mol. The maximum Gasteiger partial charge on any atom is 0.219 e. The van der Waals surface area contributed by atoms with E-state index in [1.54, 1.807) is 16.8 Å². The van der Waals surface area contributed by atoms with Gasteiger partial charge in [0.25, 0.3) is 0 Å². The zero-order chi connectivity index (χ0) is 13.2. The highest BCUT2D eigenvalue weighted by molar-refractivity contribution is 5.51. The fourth-order valence-corrected chi connectivity index (χ4v) is 2.21. The van der Waals surface area contributed by atoms with Gasteiger partial charge in [-0.2, -0.15) is 0 Å². The number of aromatic nitrogens is 3. The zero-order valence-corrected chi connectivity index (χ0v) is 10.7. The Morgan fingerprint density at radius 3 is 2.68 bits per heavy atom. The molecular weight excluding hydrogens is 238 g/mol. The zero-order valence-electron chi connectivity index (χ0n) is 10.7. The van der Waals surface area contributed by atoms with Crippen LogP contribution in [0.25, 0.3) is 5.65 Å². The Balaban J connectivity index is 2.09. The van der Waals surface area contributed by atoms with Crippen LogP contribution in [0.5, 0.6) is 5.88 Å². The summed E-state index contributed by atoms with van der Waals surface area (Å²) in [7, 11) is 0. The number of rotatable bonds is 3. The van der Waals surface area contributed by atoms with Crippen molar-refractivity contribution in [2.24, 2.45) is 0 Å². The number of fused-ring (bicyclic) bond motifs is 1. The second-order valence-corrected chi connectivity index (χ2v) is 4.47. The molecule has 0 saturated carbocycles. The SMILES string of the molecule is CCc1nc2c(Cc3ccccc3)nccn2c1O. The lowest BCUT2D eigenvalue weighted by atomic mass is 10.1. The molecule has 1 N–H and O–H groups in total. The first kappa shape index (κ1) is 11.7. The Morgan fingerprint density at radius 1 is 1.16 bits per heavy atom. The predicted molar refractivity (Wildman–Crippen MR) is 73.3 cm³/mol. The van der Waals surface area contributed by atoms with E-state index in [1.807, 2.05) is 25.1 Å². The van der Waals surface area contributed by atoms with E-state index in [4.69, 9.17) is 0 Å². The van der Waals surface area contributed by atoms with E-state index >= 15 is 0 Å². The molecule has 0 saturated heterocycles. The van der Waals surface area contributed by atoms with E-state index in [0.29, 0.717) is 18.5 Å². The average molecular weight is 253 g/mol. The normalized spacial score (nSPS) is 11.0. The van der Waals surface area contributed by atoms with Crippen molar-refractivity contribution in [2.75, 3.05) is 0 Å². The van der Waals surface area contributed by atoms with Gasteiger partial charge in [0.15, 0.2) is 5.65 Å². The summed E-state index contributed by atoms with van der Waals surface area (Å²) < 4.78 is 1.70. The molecule has 0 radical (unpaired) electrons. The fraction of sp³-hybridized carbons (Fsp3) is 0.200. The van der Waals surface area contributed by atoms with Crippen LogP contribution >= 0.6 is 0 Å². The van der Waals surface area contributed by atoms with Gasteiger partial charge in [-0.25, -0.2) is 4.98 Å². The lowest BCUT2D eigenvalue weighted by Gasteiger charge is -2.03. The average Bonchev–Trinajstić information content (AvgIpc) is 2.78. The Kier molecular flexibility index (Phi) is 2.91. The minimum Gasteiger partial charge on any atom is -0.493 e. The molecule has 2 heterocycles. The van der Waals surface area contributed by atoms with Gasteiger partial charge in [-0.3, -0.25) is 9.38 Å². The van der Waals surface area contributed by atoms with Gasteiger partial charge in [0.05, 0.1) is 5.69 Å². The van der Waals surface area contributed by atoms with Crippen molar-refractivity contribution in [2.45, 2.75) is 19.8 Å². The summed E-state index contributed by atoms with van der Waals surface area (Å²) >= 11 is 0. The second kappa shape index (κ2) is 4.72. The maximum atomic E-state index is 10.1. The molecular formula is C15H15N3O. The van der Waals surface area contributed by atoms with E-state index < -0.39 is 0 Å². The summed E-state index contributed by atoms with van der Waals surface area (Å²) in [5.41, 5.74) is 3.51. The van der Waals surface area contributed by atoms with E-state index in [0.717, 1.165) is 11.3 Å². The third-order valence-electron chi connectivity index (χ3n) is 3.21. The van der Waals surface area contributed by atoms with Crippen LogP contribution in [0.4, 0.5) is 0 Å². The lowest BCUT2D eigenvalue weighted by molar-refractivity contribution is 0.441.